The number of nitrogens with zero attached hydrogens (tertiary/aromatic N) is 2. The predicted molar refractivity (Wildman–Crippen MR) is 109 cm³/mol. The van der Waals surface area contributed by atoms with Gasteiger partial charge in [-0.2, -0.15) is 0 Å². The number of aryl methyl sites for hydroxylation is 1. The molecule has 148 valence electrons. The zero-order valence-electron chi connectivity index (χ0n) is 15.9. The smallest absolute Gasteiger partial charge is 0.204 e. The summed E-state index contributed by atoms with van der Waals surface area (Å²) < 4.78 is 8.06. The molecule has 2 aromatic carbocycles. The van der Waals surface area contributed by atoms with Gasteiger partial charge in [0.05, 0.1) is 43.0 Å². The van der Waals surface area contributed by atoms with Gasteiger partial charge in [0.25, 0.3) is 0 Å². The minimum Gasteiger partial charge on any atom is -0.395 e. The molecule has 3 N–H and O–H groups in total. The van der Waals surface area contributed by atoms with Crippen LogP contribution >= 0.6 is 0 Å². The number of imidazole rings is 1. The van der Waals surface area contributed by atoms with E-state index in [-0.39, 0.29) is 19.3 Å². The van der Waals surface area contributed by atoms with Gasteiger partial charge in [-0.25, -0.2) is 4.98 Å². The fourth-order valence-electron chi connectivity index (χ4n) is 3.94. The molecule has 0 saturated heterocycles. The fraction of sp³-hybridized carbons (Fsp3) is 0.409. The van der Waals surface area contributed by atoms with Gasteiger partial charge in [0.2, 0.25) is 5.95 Å². The van der Waals surface area contributed by atoms with Gasteiger partial charge in [0.1, 0.15) is 0 Å². The zero-order valence-corrected chi connectivity index (χ0v) is 15.9. The van der Waals surface area contributed by atoms with Crippen LogP contribution in [0.15, 0.2) is 48.5 Å². The van der Waals surface area contributed by atoms with Gasteiger partial charge in [-0.1, -0.05) is 36.4 Å². The van der Waals surface area contributed by atoms with Gasteiger partial charge in [-0.15, -0.1) is 0 Å². The molecule has 2 atom stereocenters. The van der Waals surface area contributed by atoms with Crippen molar-refractivity contribution in [3.05, 3.63) is 59.7 Å². The maximum absolute atomic E-state index is 10.7. The van der Waals surface area contributed by atoms with E-state index in [1.165, 1.54) is 11.1 Å². The number of hydrogen-bond acceptors (Lipinski definition) is 5. The maximum Gasteiger partial charge on any atom is 0.204 e. The molecule has 3 aromatic rings. The van der Waals surface area contributed by atoms with E-state index in [0.717, 1.165) is 30.3 Å². The highest BCUT2D eigenvalue weighted by Gasteiger charge is 2.22. The van der Waals surface area contributed by atoms with Crippen molar-refractivity contribution in [2.75, 3.05) is 25.1 Å². The van der Waals surface area contributed by atoms with Crippen LogP contribution in [-0.2, 0) is 17.7 Å². The van der Waals surface area contributed by atoms with Gasteiger partial charge >= 0.3 is 0 Å². The molecule has 0 radical (unpaired) electrons. The van der Waals surface area contributed by atoms with Crippen LogP contribution in [0.5, 0.6) is 0 Å². The molecule has 0 saturated carbocycles. The van der Waals surface area contributed by atoms with Gasteiger partial charge in [-0.3, -0.25) is 0 Å². The van der Waals surface area contributed by atoms with Crippen molar-refractivity contribution in [2.24, 2.45) is 0 Å². The minimum absolute atomic E-state index is 0.0238. The number of benzene rings is 2. The lowest BCUT2D eigenvalue weighted by Crippen LogP contribution is -2.25. The normalized spacial score (nSPS) is 17.4. The van der Waals surface area contributed by atoms with E-state index in [9.17, 15) is 5.11 Å². The molecule has 1 heterocycles. The average Bonchev–Trinajstić information content (AvgIpc) is 3.08. The number of aliphatic hydroxyl groups is 2. The molecule has 4 rings (SSSR count). The minimum atomic E-state index is -0.652. The summed E-state index contributed by atoms with van der Waals surface area (Å²) in [6.45, 7) is 1.08. The Hall–Kier alpha value is -2.41. The molecule has 1 aliphatic carbocycles. The summed E-state index contributed by atoms with van der Waals surface area (Å²) in [5.74, 6) is 0.650. The molecule has 0 unspecified atom stereocenters. The van der Waals surface area contributed by atoms with Crippen LogP contribution in [0.4, 0.5) is 5.95 Å². The molecule has 6 heteroatoms. The van der Waals surface area contributed by atoms with E-state index >= 15 is 0 Å². The highest BCUT2D eigenvalue weighted by Crippen LogP contribution is 2.32. The molecule has 6 nitrogen and oxygen atoms in total. The van der Waals surface area contributed by atoms with Crippen LogP contribution in [0.1, 0.15) is 30.1 Å². The second-order valence-corrected chi connectivity index (χ2v) is 7.25. The third-order valence-corrected chi connectivity index (χ3v) is 5.25. The van der Waals surface area contributed by atoms with E-state index in [1.807, 2.05) is 34.9 Å². The van der Waals surface area contributed by atoms with Gasteiger partial charge in [0, 0.05) is 6.54 Å². The Morgan fingerprint density at radius 2 is 2.00 bits per heavy atom. The van der Waals surface area contributed by atoms with Crippen LogP contribution in [0.3, 0.4) is 0 Å². The molecule has 28 heavy (non-hydrogen) atoms. The number of ether oxygens (including phenoxy) is 1. The number of aliphatic hydroxyl groups excluding tert-OH is 2. The molecular weight excluding hydrogens is 354 g/mol. The SMILES string of the molecule is OCCNc1nc2ccccc2n1C[C@H](O)CO[C@@H]1CCCc2ccccc21. The fourth-order valence-corrected chi connectivity index (χ4v) is 3.94. The van der Waals surface area contributed by atoms with Crippen molar-refractivity contribution in [1.82, 2.24) is 9.55 Å². The summed E-state index contributed by atoms with van der Waals surface area (Å²) >= 11 is 0. The topological polar surface area (TPSA) is 79.5 Å². The number of para-hydroxylation sites is 2. The molecule has 1 aromatic heterocycles. The molecule has 0 aliphatic heterocycles. The number of hydrogen-bond donors (Lipinski definition) is 3. The third-order valence-electron chi connectivity index (χ3n) is 5.25. The first kappa shape index (κ1) is 18.9. The highest BCUT2D eigenvalue weighted by molar-refractivity contribution is 5.78. The predicted octanol–water partition coefficient (Wildman–Crippen LogP) is 2.90. The lowest BCUT2D eigenvalue weighted by Gasteiger charge is -2.26. The Bertz CT molecular complexity index is 924. The summed E-state index contributed by atoms with van der Waals surface area (Å²) in [4.78, 5) is 4.57. The van der Waals surface area contributed by atoms with Crippen molar-refractivity contribution in [1.29, 1.82) is 0 Å². The summed E-state index contributed by atoms with van der Waals surface area (Å²) in [7, 11) is 0. The first-order chi connectivity index (χ1) is 13.8. The van der Waals surface area contributed by atoms with Crippen LogP contribution in [0, 0.1) is 0 Å². The van der Waals surface area contributed by atoms with E-state index in [2.05, 4.69) is 28.5 Å². The number of anilines is 1. The Kier molecular flexibility index (Phi) is 5.90. The summed E-state index contributed by atoms with van der Waals surface area (Å²) in [6.07, 6.45) is 2.59. The van der Waals surface area contributed by atoms with Crippen molar-refractivity contribution < 1.29 is 14.9 Å². The second-order valence-electron chi connectivity index (χ2n) is 7.25. The van der Waals surface area contributed by atoms with Crippen molar-refractivity contribution >= 4 is 17.0 Å². The molecule has 0 bridgehead atoms. The van der Waals surface area contributed by atoms with E-state index in [0.29, 0.717) is 19.0 Å². The highest BCUT2D eigenvalue weighted by atomic mass is 16.5. The number of fused-ring (bicyclic) bond motifs is 2. The summed E-state index contributed by atoms with van der Waals surface area (Å²) in [6, 6.07) is 16.2. The molecule has 0 spiro atoms. The lowest BCUT2D eigenvalue weighted by molar-refractivity contribution is -0.0220. The number of rotatable bonds is 8. The first-order valence-electron chi connectivity index (χ1n) is 9.93. The van der Waals surface area contributed by atoms with E-state index in [4.69, 9.17) is 9.84 Å². The van der Waals surface area contributed by atoms with Crippen LogP contribution in [-0.4, -0.2) is 45.6 Å². The number of aromatic nitrogens is 2. The van der Waals surface area contributed by atoms with Crippen molar-refractivity contribution in [3.63, 3.8) is 0 Å². The van der Waals surface area contributed by atoms with Crippen molar-refractivity contribution in [2.45, 2.75) is 38.0 Å². The lowest BCUT2D eigenvalue weighted by atomic mass is 9.89. The Labute approximate surface area is 164 Å². The van der Waals surface area contributed by atoms with Crippen LogP contribution < -0.4 is 5.32 Å². The quantitative estimate of drug-likeness (QED) is 0.559. The van der Waals surface area contributed by atoms with Crippen LogP contribution in [0.25, 0.3) is 11.0 Å². The zero-order chi connectivity index (χ0) is 19.3. The average molecular weight is 381 g/mol. The maximum atomic E-state index is 10.7. The third kappa shape index (κ3) is 4.04. The molecule has 0 fully saturated rings. The standard InChI is InChI=1S/C22H27N3O3/c26-13-12-23-22-24-19-9-3-4-10-20(19)25(22)14-17(27)15-28-21-11-5-7-16-6-1-2-8-18(16)21/h1-4,6,8-10,17,21,26-27H,5,7,11-15H2,(H,23,24)/t17-,21+/m0/s1. The van der Waals surface area contributed by atoms with Crippen molar-refractivity contribution in [3.8, 4) is 0 Å². The van der Waals surface area contributed by atoms with E-state index < -0.39 is 6.10 Å². The van der Waals surface area contributed by atoms with E-state index in [1.54, 1.807) is 0 Å². The second kappa shape index (κ2) is 8.73. The van der Waals surface area contributed by atoms with Gasteiger partial charge in [0.15, 0.2) is 0 Å². The first-order valence-corrected chi connectivity index (χ1v) is 9.93. The van der Waals surface area contributed by atoms with Crippen LogP contribution in [0.2, 0.25) is 0 Å². The summed E-state index contributed by atoms with van der Waals surface area (Å²) in [5.41, 5.74) is 4.41. The Morgan fingerprint density at radius 3 is 2.89 bits per heavy atom. The largest absolute Gasteiger partial charge is 0.395 e. The molecule has 0 amide bonds. The molecular formula is C22H27N3O3. The molecule has 1 aliphatic rings. The number of nitrogens with one attached hydrogen (secondary N) is 1. The Morgan fingerprint density at radius 1 is 1.18 bits per heavy atom. The summed E-state index contributed by atoms with van der Waals surface area (Å²) in [5, 5.41) is 22.9. The Balaban J connectivity index is 1.45. The van der Waals surface area contributed by atoms with Gasteiger partial charge in [-0.05, 0) is 42.5 Å². The monoisotopic (exact) mass is 381 g/mol. The van der Waals surface area contributed by atoms with Gasteiger partial charge < -0.3 is 24.8 Å².